The van der Waals surface area contributed by atoms with Gasteiger partial charge in [-0.25, -0.2) is 4.39 Å². The highest BCUT2D eigenvalue weighted by Crippen LogP contribution is 2.40. The maximum absolute atomic E-state index is 15.2. The molecule has 0 saturated heterocycles. The fourth-order valence-corrected chi connectivity index (χ4v) is 4.50. The molecule has 0 saturated carbocycles. The molecule has 1 heterocycles. The predicted molar refractivity (Wildman–Crippen MR) is 157 cm³/mol. The molecule has 0 atom stereocenters. The van der Waals surface area contributed by atoms with Crippen molar-refractivity contribution < 1.29 is 23.4 Å². The van der Waals surface area contributed by atoms with Gasteiger partial charge in [0.1, 0.15) is 11.6 Å². The van der Waals surface area contributed by atoms with Crippen LogP contribution in [0.2, 0.25) is 0 Å². The van der Waals surface area contributed by atoms with E-state index < -0.39 is 5.83 Å². The van der Waals surface area contributed by atoms with E-state index in [0.717, 1.165) is 49.0 Å². The third-order valence-corrected chi connectivity index (χ3v) is 6.29. The molecule has 1 aromatic carbocycles. The molecule has 1 aromatic rings. The van der Waals surface area contributed by atoms with E-state index in [2.05, 4.69) is 39.5 Å². The predicted octanol–water partition coefficient (Wildman–Crippen LogP) is 6.79. The van der Waals surface area contributed by atoms with Gasteiger partial charge in [0, 0.05) is 36.8 Å². The SMILES string of the molecule is CCCN(CCC)c1cc(C(=O)CN2C/C=C/C(OCC)=C(OCC)\C(F)=C\C2=N)cc(C(C)(C)C)c1OC. The van der Waals surface area contributed by atoms with Crippen LogP contribution >= 0.6 is 0 Å². The first-order valence-corrected chi connectivity index (χ1v) is 13.9. The third-order valence-electron chi connectivity index (χ3n) is 6.29. The highest BCUT2D eigenvalue weighted by molar-refractivity contribution is 6.02. The lowest BCUT2D eigenvalue weighted by Gasteiger charge is -2.31. The molecule has 0 unspecified atom stereocenters. The Labute approximate surface area is 233 Å². The largest absolute Gasteiger partial charge is 0.494 e. The van der Waals surface area contributed by atoms with Gasteiger partial charge in [-0.3, -0.25) is 10.2 Å². The lowest BCUT2D eigenvalue weighted by Crippen LogP contribution is -2.35. The van der Waals surface area contributed by atoms with Crippen molar-refractivity contribution in [3.8, 4) is 5.75 Å². The molecule has 0 amide bonds. The maximum atomic E-state index is 15.2. The molecule has 216 valence electrons. The number of hydrogen-bond acceptors (Lipinski definition) is 6. The van der Waals surface area contributed by atoms with Gasteiger partial charge in [0.25, 0.3) is 0 Å². The van der Waals surface area contributed by atoms with E-state index in [0.29, 0.717) is 12.2 Å². The summed E-state index contributed by atoms with van der Waals surface area (Å²) in [7, 11) is 1.67. The Morgan fingerprint density at radius 3 is 2.26 bits per heavy atom. The van der Waals surface area contributed by atoms with Crippen molar-refractivity contribution in [2.75, 3.05) is 51.4 Å². The summed E-state index contributed by atoms with van der Waals surface area (Å²) in [6.07, 6.45) is 6.39. The summed E-state index contributed by atoms with van der Waals surface area (Å²) in [6.45, 7) is 16.5. The molecule has 0 aliphatic carbocycles. The minimum atomic E-state index is -0.717. The van der Waals surface area contributed by atoms with Crippen LogP contribution in [-0.4, -0.2) is 63.0 Å². The molecule has 0 fully saturated rings. The lowest BCUT2D eigenvalue weighted by molar-refractivity contribution is 0.0966. The topological polar surface area (TPSA) is 75.1 Å². The normalized spacial score (nSPS) is 18.4. The van der Waals surface area contributed by atoms with Crippen molar-refractivity contribution in [2.24, 2.45) is 0 Å². The quantitative estimate of drug-likeness (QED) is 0.276. The van der Waals surface area contributed by atoms with E-state index in [1.165, 1.54) is 4.90 Å². The number of halogens is 1. The fraction of sp³-hybridized carbons (Fsp3) is 0.548. The van der Waals surface area contributed by atoms with Crippen molar-refractivity contribution >= 4 is 17.3 Å². The van der Waals surface area contributed by atoms with Gasteiger partial charge in [-0.2, -0.15) is 0 Å². The number of hydrogen-bond donors (Lipinski definition) is 1. The first-order chi connectivity index (χ1) is 18.5. The number of nitrogens with one attached hydrogen (secondary N) is 1. The second-order valence-corrected chi connectivity index (χ2v) is 10.5. The van der Waals surface area contributed by atoms with Gasteiger partial charge in [-0.15, -0.1) is 0 Å². The van der Waals surface area contributed by atoms with Crippen LogP contribution in [0, 0.1) is 5.41 Å². The van der Waals surface area contributed by atoms with Crippen molar-refractivity contribution in [3.05, 3.63) is 58.8 Å². The zero-order valence-corrected chi connectivity index (χ0v) is 24.9. The highest BCUT2D eigenvalue weighted by atomic mass is 19.1. The van der Waals surface area contributed by atoms with Crippen LogP contribution in [0.5, 0.6) is 5.75 Å². The number of carbonyl (C=O) groups excluding carboxylic acids is 1. The Balaban J connectivity index is 2.52. The molecule has 1 aliphatic rings. The summed E-state index contributed by atoms with van der Waals surface area (Å²) >= 11 is 0. The molecule has 0 spiro atoms. The van der Waals surface area contributed by atoms with E-state index in [-0.39, 0.29) is 48.2 Å². The molecule has 8 heteroatoms. The summed E-state index contributed by atoms with van der Waals surface area (Å²) in [5, 5.41) is 8.56. The second kappa shape index (κ2) is 14.8. The first kappa shape index (κ1) is 31.9. The number of anilines is 1. The van der Waals surface area contributed by atoms with Gasteiger partial charge >= 0.3 is 0 Å². The van der Waals surface area contributed by atoms with E-state index >= 15 is 4.39 Å². The molecule has 0 radical (unpaired) electrons. The Morgan fingerprint density at radius 1 is 1.08 bits per heavy atom. The van der Waals surface area contributed by atoms with Crippen LogP contribution in [0.3, 0.4) is 0 Å². The van der Waals surface area contributed by atoms with Gasteiger partial charge in [-0.1, -0.05) is 40.7 Å². The Morgan fingerprint density at radius 2 is 1.72 bits per heavy atom. The Kier molecular flexibility index (Phi) is 12.1. The zero-order chi connectivity index (χ0) is 29.2. The molecular weight excluding hydrogens is 497 g/mol. The average molecular weight is 544 g/mol. The number of nitrogens with zero attached hydrogens (tertiary/aromatic N) is 2. The van der Waals surface area contributed by atoms with Crippen molar-refractivity contribution in [1.29, 1.82) is 5.41 Å². The van der Waals surface area contributed by atoms with E-state index in [4.69, 9.17) is 19.6 Å². The van der Waals surface area contributed by atoms with E-state index in [1.807, 2.05) is 19.1 Å². The van der Waals surface area contributed by atoms with E-state index in [9.17, 15) is 4.79 Å². The van der Waals surface area contributed by atoms with Gasteiger partial charge in [0.2, 0.25) is 0 Å². The molecule has 1 aliphatic heterocycles. The number of amidine groups is 1. The maximum Gasteiger partial charge on any atom is 0.197 e. The summed E-state index contributed by atoms with van der Waals surface area (Å²) < 4.78 is 32.1. The van der Waals surface area contributed by atoms with Crippen LogP contribution in [0.15, 0.2) is 47.7 Å². The minimum absolute atomic E-state index is 0.0462. The third kappa shape index (κ3) is 8.35. The minimum Gasteiger partial charge on any atom is -0.494 e. The van der Waals surface area contributed by atoms with Crippen molar-refractivity contribution in [3.63, 3.8) is 0 Å². The fourth-order valence-electron chi connectivity index (χ4n) is 4.50. The average Bonchev–Trinajstić information content (AvgIpc) is 2.93. The van der Waals surface area contributed by atoms with Crippen LogP contribution in [-0.2, 0) is 14.9 Å². The van der Waals surface area contributed by atoms with Crippen molar-refractivity contribution in [2.45, 2.75) is 66.7 Å². The Hall–Kier alpha value is -3.29. The van der Waals surface area contributed by atoms with Crippen molar-refractivity contribution in [1.82, 2.24) is 4.90 Å². The molecule has 7 nitrogen and oxygen atoms in total. The summed E-state index contributed by atoms with van der Waals surface area (Å²) in [6, 6.07) is 3.80. The van der Waals surface area contributed by atoms with Gasteiger partial charge in [0.15, 0.2) is 23.1 Å². The number of ether oxygens (including phenoxy) is 3. The molecule has 0 bridgehead atoms. The molecule has 2 rings (SSSR count). The number of carbonyl (C=O) groups is 1. The van der Waals surface area contributed by atoms with Gasteiger partial charge < -0.3 is 24.0 Å². The summed E-state index contributed by atoms with van der Waals surface area (Å²) in [5.74, 6) is -0.00528. The summed E-state index contributed by atoms with van der Waals surface area (Å²) in [4.78, 5) is 17.5. The molecular formula is C31H46FN3O4. The van der Waals surface area contributed by atoms with Crippen LogP contribution in [0.25, 0.3) is 0 Å². The number of Topliss-reactive ketones (excluding diaryl/α,β-unsaturated/α-hetero) is 1. The first-order valence-electron chi connectivity index (χ1n) is 13.9. The Bertz CT molecular complexity index is 1100. The monoisotopic (exact) mass is 543 g/mol. The number of rotatable bonds is 13. The van der Waals surface area contributed by atoms with Crippen LogP contribution < -0.4 is 9.64 Å². The molecule has 39 heavy (non-hydrogen) atoms. The van der Waals surface area contributed by atoms with Crippen LogP contribution in [0.1, 0.15) is 77.2 Å². The smallest absolute Gasteiger partial charge is 0.197 e. The summed E-state index contributed by atoms with van der Waals surface area (Å²) in [5.41, 5.74) is 2.11. The standard InChI is InChI=1S/C31H46FN3O4/c1-9-15-34(16-10-2)25-19-22(18-23(29(25)37-8)31(5,6)7)26(36)21-35-17-13-14-27(38-11-3)30(39-12-4)24(32)20-28(35)33/h13-14,18-20,33H,9-12,15-17,21H2,1-8H3/b14-13+,24-20-,30-27-,33-28?. The highest BCUT2D eigenvalue weighted by Gasteiger charge is 2.27. The number of ketones is 1. The van der Waals surface area contributed by atoms with E-state index in [1.54, 1.807) is 26.2 Å². The number of allylic oxidation sites excluding steroid dienone is 2. The number of benzene rings is 1. The lowest BCUT2D eigenvalue weighted by atomic mass is 9.84. The molecule has 1 N–H and O–H groups in total. The molecule has 0 aromatic heterocycles. The number of methoxy groups -OCH3 is 1. The van der Waals surface area contributed by atoms with Crippen LogP contribution in [0.4, 0.5) is 10.1 Å². The zero-order valence-electron chi connectivity index (χ0n) is 24.9. The van der Waals surface area contributed by atoms with Gasteiger partial charge in [-0.05, 0) is 50.3 Å². The second-order valence-electron chi connectivity index (χ2n) is 10.5. The van der Waals surface area contributed by atoms with Gasteiger partial charge in [0.05, 0.1) is 32.6 Å².